The Labute approximate surface area is 122 Å². The molecule has 2 nitrogen and oxygen atoms in total. The first-order chi connectivity index (χ1) is 9.16. The maximum atomic E-state index is 9.76. The fourth-order valence-corrected chi connectivity index (χ4v) is 2.19. The number of hydrogen-bond donors (Lipinski definition) is 1. The summed E-state index contributed by atoms with van der Waals surface area (Å²) in [5, 5.41) is 10.5. The third kappa shape index (κ3) is 3.98. The van der Waals surface area contributed by atoms with Gasteiger partial charge in [-0.25, -0.2) is 0 Å². The van der Waals surface area contributed by atoms with Gasteiger partial charge < -0.3 is 5.11 Å². The van der Waals surface area contributed by atoms with Crippen molar-refractivity contribution in [1.82, 2.24) is 0 Å². The minimum Gasteiger partial charge on any atom is -0.506 e. The molecule has 0 aliphatic rings. The van der Waals surface area contributed by atoms with Crippen LogP contribution in [0.15, 0.2) is 47.5 Å². The highest BCUT2D eigenvalue weighted by atomic mass is 35.5. The first-order valence-electron chi connectivity index (χ1n) is 5.88. The van der Waals surface area contributed by atoms with Crippen LogP contribution in [0.1, 0.15) is 11.1 Å². The molecule has 19 heavy (non-hydrogen) atoms. The van der Waals surface area contributed by atoms with Crippen LogP contribution in [-0.2, 0) is 6.42 Å². The van der Waals surface area contributed by atoms with Crippen molar-refractivity contribution in [3.8, 4) is 5.75 Å². The molecule has 0 fully saturated rings. The molecule has 2 rings (SSSR count). The van der Waals surface area contributed by atoms with E-state index in [1.165, 1.54) is 11.6 Å². The lowest BCUT2D eigenvalue weighted by molar-refractivity contribution is 0.474. The van der Waals surface area contributed by atoms with Crippen molar-refractivity contribution in [3.63, 3.8) is 0 Å². The number of halogens is 2. The van der Waals surface area contributed by atoms with E-state index in [1.807, 2.05) is 18.2 Å². The van der Waals surface area contributed by atoms with Crippen LogP contribution in [-0.4, -0.2) is 17.9 Å². The number of nitrogens with zero attached hydrogens (tertiary/aromatic N) is 1. The maximum Gasteiger partial charge on any atom is 0.143 e. The van der Waals surface area contributed by atoms with Gasteiger partial charge in [-0.15, -0.1) is 0 Å². The number of rotatable bonds is 4. The SMILES string of the molecule is Oc1c(Cl)cc(Cl)cc1C=NCCc1ccccc1. The van der Waals surface area contributed by atoms with Crippen LogP contribution < -0.4 is 0 Å². The van der Waals surface area contributed by atoms with E-state index in [0.29, 0.717) is 17.1 Å². The first kappa shape index (κ1) is 13.9. The molecule has 0 spiro atoms. The van der Waals surface area contributed by atoms with Gasteiger partial charge in [0.25, 0.3) is 0 Å². The van der Waals surface area contributed by atoms with E-state index in [2.05, 4.69) is 17.1 Å². The lowest BCUT2D eigenvalue weighted by atomic mass is 10.1. The Morgan fingerprint density at radius 3 is 2.58 bits per heavy atom. The Morgan fingerprint density at radius 1 is 1.11 bits per heavy atom. The van der Waals surface area contributed by atoms with Gasteiger partial charge in [-0.2, -0.15) is 0 Å². The third-order valence-corrected chi connectivity index (χ3v) is 3.17. The summed E-state index contributed by atoms with van der Waals surface area (Å²) in [5.74, 6) is 0.00882. The molecule has 0 aliphatic carbocycles. The van der Waals surface area contributed by atoms with E-state index < -0.39 is 0 Å². The highest BCUT2D eigenvalue weighted by Crippen LogP contribution is 2.29. The van der Waals surface area contributed by atoms with E-state index in [4.69, 9.17) is 23.2 Å². The topological polar surface area (TPSA) is 32.6 Å². The average molecular weight is 294 g/mol. The molecule has 0 bridgehead atoms. The number of aromatic hydroxyl groups is 1. The maximum absolute atomic E-state index is 9.76. The molecular formula is C15H13Cl2NO. The number of benzene rings is 2. The molecule has 0 aliphatic heterocycles. The normalized spacial score (nSPS) is 11.1. The minimum atomic E-state index is 0.00882. The Balaban J connectivity index is 2.00. The van der Waals surface area contributed by atoms with Crippen molar-refractivity contribution >= 4 is 29.4 Å². The van der Waals surface area contributed by atoms with E-state index in [0.717, 1.165) is 6.42 Å². The molecule has 0 aromatic heterocycles. The van der Waals surface area contributed by atoms with E-state index in [1.54, 1.807) is 12.3 Å². The van der Waals surface area contributed by atoms with Crippen LogP contribution in [0, 0.1) is 0 Å². The van der Waals surface area contributed by atoms with Crippen molar-refractivity contribution in [1.29, 1.82) is 0 Å². The number of phenols is 1. The van der Waals surface area contributed by atoms with Crippen LogP contribution in [0.2, 0.25) is 10.0 Å². The summed E-state index contributed by atoms with van der Waals surface area (Å²) in [6.07, 6.45) is 2.45. The van der Waals surface area contributed by atoms with Crippen LogP contribution in [0.3, 0.4) is 0 Å². The van der Waals surface area contributed by atoms with Gasteiger partial charge in [-0.05, 0) is 24.1 Å². The molecule has 98 valence electrons. The molecule has 0 unspecified atom stereocenters. The molecule has 4 heteroatoms. The second kappa shape index (κ2) is 6.60. The van der Waals surface area contributed by atoms with E-state index in [9.17, 15) is 5.11 Å². The zero-order chi connectivity index (χ0) is 13.7. The Bertz CT molecular complexity index is 582. The summed E-state index contributed by atoms with van der Waals surface area (Å²) >= 11 is 11.7. The van der Waals surface area contributed by atoms with Crippen molar-refractivity contribution < 1.29 is 5.11 Å². The minimum absolute atomic E-state index is 0.00882. The molecule has 0 saturated carbocycles. The number of aliphatic imine (C=N–C) groups is 1. The highest BCUT2D eigenvalue weighted by molar-refractivity contribution is 6.36. The predicted octanol–water partition coefficient (Wildman–Crippen LogP) is 4.36. The van der Waals surface area contributed by atoms with Crippen molar-refractivity contribution in [2.75, 3.05) is 6.54 Å². The second-order valence-electron chi connectivity index (χ2n) is 4.10. The summed E-state index contributed by atoms with van der Waals surface area (Å²) in [5.41, 5.74) is 1.76. The Hall–Kier alpha value is -1.51. The zero-order valence-electron chi connectivity index (χ0n) is 10.2. The van der Waals surface area contributed by atoms with Crippen LogP contribution in [0.4, 0.5) is 0 Å². The highest BCUT2D eigenvalue weighted by Gasteiger charge is 2.05. The standard InChI is InChI=1S/C15H13Cl2NO/c16-13-8-12(15(19)14(17)9-13)10-18-7-6-11-4-2-1-3-5-11/h1-5,8-10,19H,6-7H2. The van der Waals surface area contributed by atoms with Gasteiger partial charge in [0.2, 0.25) is 0 Å². The lowest BCUT2D eigenvalue weighted by Crippen LogP contribution is -1.91. The summed E-state index contributed by atoms with van der Waals surface area (Å²) in [6.45, 7) is 0.646. The van der Waals surface area contributed by atoms with Crippen molar-refractivity contribution in [2.24, 2.45) is 4.99 Å². The molecule has 2 aromatic carbocycles. The second-order valence-corrected chi connectivity index (χ2v) is 4.94. The first-order valence-corrected chi connectivity index (χ1v) is 6.64. The summed E-state index contributed by atoms with van der Waals surface area (Å²) in [7, 11) is 0. The number of phenolic OH excluding ortho intramolecular Hbond substituents is 1. The van der Waals surface area contributed by atoms with Gasteiger partial charge in [0.15, 0.2) is 0 Å². The monoisotopic (exact) mass is 293 g/mol. The van der Waals surface area contributed by atoms with Gasteiger partial charge in [0.1, 0.15) is 5.75 Å². The number of hydrogen-bond acceptors (Lipinski definition) is 2. The van der Waals surface area contributed by atoms with Gasteiger partial charge in [-0.3, -0.25) is 4.99 Å². The van der Waals surface area contributed by atoms with Crippen molar-refractivity contribution in [3.05, 3.63) is 63.6 Å². The molecule has 0 heterocycles. The molecule has 0 saturated heterocycles. The molecule has 0 atom stereocenters. The van der Waals surface area contributed by atoms with E-state index in [-0.39, 0.29) is 10.8 Å². The van der Waals surface area contributed by atoms with Gasteiger partial charge in [0, 0.05) is 23.3 Å². The smallest absolute Gasteiger partial charge is 0.143 e. The lowest BCUT2D eigenvalue weighted by Gasteiger charge is -2.02. The molecular weight excluding hydrogens is 281 g/mol. The average Bonchev–Trinajstić information content (AvgIpc) is 2.41. The fourth-order valence-electron chi connectivity index (χ4n) is 1.69. The predicted molar refractivity (Wildman–Crippen MR) is 80.7 cm³/mol. The van der Waals surface area contributed by atoms with Crippen LogP contribution in [0.5, 0.6) is 5.75 Å². The van der Waals surface area contributed by atoms with Crippen molar-refractivity contribution in [2.45, 2.75) is 6.42 Å². The Morgan fingerprint density at radius 2 is 1.84 bits per heavy atom. The quantitative estimate of drug-likeness (QED) is 0.835. The summed E-state index contributed by atoms with van der Waals surface area (Å²) < 4.78 is 0. The molecule has 2 aromatic rings. The molecule has 0 radical (unpaired) electrons. The molecule has 0 amide bonds. The van der Waals surface area contributed by atoms with Gasteiger partial charge >= 0.3 is 0 Å². The van der Waals surface area contributed by atoms with Gasteiger partial charge in [-0.1, -0.05) is 53.5 Å². The van der Waals surface area contributed by atoms with Gasteiger partial charge in [0.05, 0.1) is 5.02 Å². The summed E-state index contributed by atoms with van der Waals surface area (Å²) in [6, 6.07) is 13.2. The fraction of sp³-hybridized carbons (Fsp3) is 0.133. The van der Waals surface area contributed by atoms with Crippen LogP contribution >= 0.6 is 23.2 Å². The van der Waals surface area contributed by atoms with Crippen LogP contribution in [0.25, 0.3) is 0 Å². The largest absolute Gasteiger partial charge is 0.506 e. The molecule has 1 N–H and O–H groups in total. The van der Waals surface area contributed by atoms with E-state index >= 15 is 0 Å². The Kier molecular flexibility index (Phi) is 4.83. The zero-order valence-corrected chi connectivity index (χ0v) is 11.7. The third-order valence-electron chi connectivity index (χ3n) is 2.66. The summed E-state index contributed by atoms with van der Waals surface area (Å²) in [4.78, 5) is 4.28.